The number of amides is 2. The monoisotopic (exact) mass is 338 g/mol. The van der Waals surface area contributed by atoms with Crippen molar-refractivity contribution in [3.63, 3.8) is 0 Å². The Morgan fingerprint density at radius 1 is 1.20 bits per heavy atom. The molecule has 1 saturated carbocycles. The molecule has 0 aliphatic heterocycles. The molecule has 0 spiro atoms. The fourth-order valence-electron chi connectivity index (χ4n) is 3.07. The summed E-state index contributed by atoms with van der Waals surface area (Å²) in [6.45, 7) is 0. The molecular weight excluding hydrogens is 320 g/mol. The second kappa shape index (κ2) is 6.48. The Morgan fingerprint density at radius 2 is 2.12 bits per heavy atom. The van der Waals surface area contributed by atoms with E-state index in [1.165, 1.54) is 0 Å². The normalized spacial score (nSPS) is 19.9. The van der Waals surface area contributed by atoms with Gasteiger partial charge in [-0.25, -0.2) is 9.78 Å². The maximum Gasteiger partial charge on any atom is 0.320 e. The molecule has 4 rings (SSSR count). The first kappa shape index (κ1) is 15.5. The summed E-state index contributed by atoms with van der Waals surface area (Å²) in [5.74, 6) is 0.453. The average Bonchev–Trinajstić information content (AvgIpc) is 3.26. The summed E-state index contributed by atoms with van der Waals surface area (Å²) in [4.78, 5) is 20.9. The molecule has 1 fully saturated rings. The lowest BCUT2D eigenvalue weighted by Crippen LogP contribution is -2.36. The first-order valence-corrected chi connectivity index (χ1v) is 8.19. The molecular formula is C17H18N6O2. The van der Waals surface area contributed by atoms with E-state index in [-0.39, 0.29) is 18.2 Å². The minimum atomic E-state index is -0.323. The Kier molecular flexibility index (Phi) is 4.02. The van der Waals surface area contributed by atoms with Gasteiger partial charge in [-0.3, -0.25) is 15.4 Å². The third-order valence-electron chi connectivity index (χ3n) is 4.35. The van der Waals surface area contributed by atoms with E-state index >= 15 is 0 Å². The second-order valence-corrected chi connectivity index (χ2v) is 6.21. The summed E-state index contributed by atoms with van der Waals surface area (Å²) in [5.41, 5.74) is 3.26. The van der Waals surface area contributed by atoms with Gasteiger partial charge in [0.25, 0.3) is 0 Å². The molecule has 3 aromatic rings. The molecule has 3 aromatic heterocycles. The first-order chi connectivity index (χ1) is 12.2. The highest BCUT2D eigenvalue weighted by Crippen LogP contribution is 2.22. The number of rotatable bonds is 3. The number of hydrogen-bond acceptors (Lipinski definition) is 5. The Morgan fingerprint density at radius 3 is 2.88 bits per heavy atom. The van der Waals surface area contributed by atoms with Crippen molar-refractivity contribution >= 4 is 22.9 Å². The van der Waals surface area contributed by atoms with Crippen molar-refractivity contribution in [2.45, 2.75) is 31.4 Å². The van der Waals surface area contributed by atoms with Crippen LogP contribution in [0.3, 0.4) is 0 Å². The molecule has 1 aliphatic carbocycles. The summed E-state index contributed by atoms with van der Waals surface area (Å²) in [6.07, 6.45) is 7.05. The van der Waals surface area contributed by atoms with E-state index < -0.39 is 0 Å². The zero-order valence-corrected chi connectivity index (χ0v) is 13.4. The van der Waals surface area contributed by atoms with E-state index in [1.54, 1.807) is 24.7 Å². The molecule has 2 amide bonds. The molecule has 3 heterocycles. The maximum absolute atomic E-state index is 12.1. The summed E-state index contributed by atoms with van der Waals surface area (Å²) in [5, 5.41) is 21.8. The van der Waals surface area contributed by atoms with Crippen molar-refractivity contribution in [2.75, 3.05) is 5.32 Å². The van der Waals surface area contributed by atoms with Crippen LogP contribution in [0, 0.1) is 0 Å². The molecule has 25 heavy (non-hydrogen) atoms. The number of nitrogens with zero attached hydrogens (tertiary/aromatic N) is 3. The Hall–Kier alpha value is -3.00. The number of aliphatic hydroxyl groups excluding tert-OH is 1. The van der Waals surface area contributed by atoms with Crippen LogP contribution in [0.4, 0.5) is 10.6 Å². The van der Waals surface area contributed by atoms with Gasteiger partial charge in [0.2, 0.25) is 0 Å². The zero-order valence-electron chi connectivity index (χ0n) is 13.4. The fraction of sp³-hybridized carbons (Fsp3) is 0.294. The van der Waals surface area contributed by atoms with Crippen LogP contribution in [0.5, 0.6) is 0 Å². The summed E-state index contributed by atoms with van der Waals surface area (Å²) in [7, 11) is 0. The topological polar surface area (TPSA) is 116 Å². The number of nitrogens with one attached hydrogen (secondary N) is 3. The summed E-state index contributed by atoms with van der Waals surface area (Å²) < 4.78 is 0. The lowest BCUT2D eigenvalue weighted by atomic mass is 10.1. The molecule has 128 valence electrons. The minimum absolute atomic E-state index is 0.00446. The maximum atomic E-state index is 12.1. The molecule has 8 nitrogen and oxygen atoms in total. The highest BCUT2D eigenvalue weighted by molar-refractivity contribution is 5.90. The number of aliphatic hydroxyl groups is 1. The summed E-state index contributed by atoms with van der Waals surface area (Å²) in [6, 6.07) is 5.13. The molecule has 4 N–H and O–H groups in total. The number of aromatic nitrogens is 4. The number of fused-ring (bicyclic) bond motifs is 1. The smallest absolute Gasteiger partial charge is 0.320 e. The van der Waals surface area contributed by atoms with Gasteiger partial charge in [0.1, 0.15) is 5.82 Å². The van der Waals surface area contributed by atoms with E-state index in [4.69, 9.17) is 0 Å². The molecule has 0 radical (unpaired) electrons. The molecule has 0 unspecified atom stereocenters. The van der Waals surface area contributed by atoms with E-state index in [1.807, 2.05) is 12.1 Å². The van der Waals surface area contributed by atoms with Crippen LogP contribution in [0.25, 0.3) is 22.2 Å². The van der Waals surface area contributed by atoms with Crippen LogP contribution >= 0.6 is 0 Å². The standard InChI is InChI=1S/C17H18N6O2/c24-13-2-1-12(6-13)21-17(25)23-16-4-3-14-15(22-16)5-10(7-18-14)11-8-19-20-9-11/h3-5,7-9,12-13,24H,1-2,6H2,(H,19,20)(H2,21,22,23,25)/t12-,13+/m1/s1. The number of pyridine rings is 2. The van der Waals surface area contributed by atoms with E-state index in [9.17, 15) is 9.90 Å². The Balaban J connectivity index is 1.50. The molecule has 8 heteroatoms. The number of anilines is 1. The van der Waals surface area contributed by atoms with Crippen molar-refractivity contribution in [2.24, 2.45) is 0 Å². The molecule has 2 atom stereocenters. The predicted octanol–water partition coefficient (Wildman–Crippen LogP) is 2.05. The van der Waals surface area contributed by atoms with Crippen LogP contribution in [-0.2, 0) is 0 Å². The van der Waals surface area contributed by atoms with Crippen LogP contribution in [0.15, 0.2) is 36.8 Å². The first-order valence-electron chi connectivity index (χ1n) is 8.19. The van der Waals surface area contributed by atoms with Crippen molar-refractivity contribution in [1.29, 1.82) is 0 Å². The largest absolute Gasteiger partial charge is 0.393 e. The SMILES string of the molecule is O=C(Nc1ccc2ncc(-c3cn[nH]c3)cc2n1)N[C@@H]1CC[C@H](O)C1. The van der Waals surface area contributed by atoms with Crippen LogP contribution < -0.4 is 10.6 Å². The number of aromatic amines is 1. The predicted molar refractivity (Wildman–Crippen MR) is 92.9 cm³/mol. The lowest BCUT2D eigenvalue weighted by molar-refractivity contribution is 0.180. The van der Waals surface area contributed by atoms with Gasteiger partial charge in [0.05, 0.1) is 23.3 Å². The fourth-order valence-corrected chi connectivity index (χ4v) is 3.07. The number of H-pyrrole nitrogens is 1. The van der Waals surface area contributed by atoms with Crippen molar-refractivity contribution < 1.29 is 9.90 Å². The van der Waals surface area contributed by atoms with E-state index in [0.29, 0.717) is 17.8 Å². The zero-order chi connectivity index (χ0) is 17.2. The van der Waals surface area contributed by atoms with Gasteiger partial charge in [0, 0.05) is 29.6 Å². The molecule has 0 bridgehead atoms. The highest BCUT2D eigenvalue weighted by atomic mass is 16.3. The minimum Gasteiger partial charge on any atom is -0.393 e. The van der Waals surface area contributed by atoms with Gasteiger partial charge in [-0.1, -0.05) is 0 Å². The quantitative estimate of drug-likeness (QED) is 0.583. The lowest BCUT2D eigenvalue weighted by Gasteiger charge is -2.13. The Bertz CT molecular complexity index is 895. The van der Waals surface area contributed by atoms with Crippen LogP contribution in [0.2, 0.25) is 0 Å². The van der Waals surface area contributed by atoms with Gasteiger partial charge < -0.3 is 10.4 Å². The molecule has 0 saturated heterocycles. The summed E-state index contributed by atoms with van der Waals surface area (Å²) >= 11 is 0. The number of urea groups is 1. The number of hydrogen-bond donors (Lipinski definition) is 4. The average molecular weight is 338 g/mol. The van der Waals surface area contributed by atoms with Crippen LogP contribution in [-0.4, -0.2) is 43.4 Å². The van der Waals surface area contributed by atoms with Crippen molar-refractivity contribution in [3.8, 4) is 11.1 Å². The van der Waals surface area contributed by atoms with Crippen molar-refractivity contribution in [1.82, 2.24) is 25.5 Å². The number of carbonyl (C=O) groups excluding carboxylic acids is 1. The Labute approximate surface area is 143 Å². The molecule has 0 aromatic carbocycles. The highest BCUT2D eigenvalue weighted by Gasteiger charge is 2.24. The van der Waals surface area contributed by atoms with Gasteiger partial charge in [-0.15, -0.1) is 0 Å². The van der Waals surface area contributed by atoms with Gasteiger partial charge >= 0.3 is 6.03 Å². The van der Waals surface area contributed by atoms with Gasteiger partial charge in [-0.2, -0.15) is 5.10 Å². The van der Waals surface area contributed by atoms with Gasteiger partial charge in [-0.05, 0) is 37.5 Å². The van der Waals surface area contributed by atoms with E-state index in [2.05, 4.69) is 30.8 Å². The van der Waals surface area contributed by atoms with Crippen molar-refractivity contribution in [3.05, 3.63) is 36.8 Å². The van der Waals surface area contributed by atoms with Gasteiger partial charge in [0.15, 0.2) is 0 Å². The third kappa shape index (κ3) is 3.43. The van der Waals surface area contributed by atoms with E-state index in [0.717, 1.165) is 29.5 Å². The number of carbonyl (C=O) groups is 1. The second-order valence-electron chi connectivity index (χ2n) is 6.21. The third-order valence-corrected chi connectivity index (χ3v) is 4.35. The van der Waals surface area contributed by atoms with Crippen LogP contribution in [0.1, 0.15) is 19.3 Å². The molecule has 1 aliphatic rings.